The summed E-state index contributed by atoms with van der Waals surface area (Å²) in [5, 5.41) is 9.31. The predicted molar refractivity (Wildman–Crippen MR) is 71.9 cm³/mol. The summed E-state index contributed by atoms with van der Waals surface area (Å²) in [7, 11) is 0. The fourth-order valence-electron chi connectivity index (χ4n) is 2.66. The van der Waals surface area contributed by atoms with Gasteiger partial charge in [-0.25, -0.2) is 4.39 Å². The maximum Gasteiger partial charge on any atom is 0.309 e. The van der Waals surface area contributed by atoms with E-state index in [0.29, 0.717) is 32.4 Å². The average Bonchev–Trinajstić information content (AvgIpc) is 2.47. The molecule has 20 heavy (non-hydrogen) atoms. The molecular weight excluding hydrogens is 261 g/mol. The largest absolute Gasteiger partial charge is 0.481 e. The number of carboxylic acid groups (broad SMARTS) is 1. The highest BCUT2D eigenvalue weighted by Gasteiger charge is 2.41. The number of nitrogens with zero attached hydrogens (tertiary/aromatic N) is 1. The van der Waals surface area contributed by atoms with Crippen LogP contribution in [0.15, 0.2) is 24.3 Å². The molecular formula is C15H18FNO3. The third-order valence-corrected chi connectivity index (χ3v) is 4.24. The van der Waals surface area contributed by atoms with E-state index in [1.165, 1.54) is 23.1 Å². The van der Waals surface area contributed by atoms with Crippen molar-refractivity contribution in [3.05, 3.63) is 35.6 Å². The number of carbonyl (C=O) groups is 2. The highest BCUT2D eigenvalue weighted by Crippen LogP contribution is 2.35. The molecule has 0 aliphatic carbocycles. The third-order valence-electron chi connectivity index (χ3n) is 4.24. The average molecular weight is 279 g/mol. The van der Waals surface area contributed by atoms with Crippen molar-refractivity contribution in [1.29, 1.82) is 0 Å². The fourth-order valence-corrected chi connectivity index (χ4v) is 2.66. The maximum absolute atomic E-state index is 13.6. The van der Waals surface area contributed by atoms with Gasteiger partial charge in [-0.15, -0.1) is 0 Å². The molecule has 1 N–H and O–H groups in total. The first-order valence-corrected chi connectivity index (χ1v) is 6.77. The van der Waals surface area contributed by atoms with Gasteiger partial charge in [0.25, 0.3) is 5.91 Å². The Balaban J connectivity index is 2.10. The quantitative estimate of drug-likeness (QED) is 0.925. The van der Waals surface area contributed by atoms with Gasteiger partial charge in [-0.3, -0.25) is 9.59 Å². The lowest BCUT2D eigenvalue weighted by atomic mass is 9.76. The van der Waals surface area contributed by atoms with Crippen LogP contribution in [0.3, 0.4) is 0 Å². The zero-order valence-corrected chi connectivity index (χ0v) is 11.4. The third kappa shape index (κ3) is 2.53. The van der Waals surface area contributed by atoms with Crippen molar-refractivity contribution in [2.75, 3.05) is 13.1 Å². The summed E-state index contributed by atoms with van der Waals surface area (Å²) in [6.07, 6.45) is 1.38. The van der Waals surface area contributed by atoms with Gasteiger partial charge < -0.3 is 10.0 Å². The second kappa shape index (κ2) is 5.61. The van der Waals surface area contributed by atoms with Crippen LogP contribution in [0.4, 0.5) is 4.39 Å². The summed E-state index contributed by atoms with van der Waals surface area (Å²) in [5.74, 6) is -1.71. The van der Waals surface area contributed by atoms with E-state index in [-0.39, 0.29) is 11.5 Å². The van der Waals surface area contributed by atoms with Crippen molar-refractivity contribution in [2.45, 2.75) is 26.2 Å². The standard InChI is InChI=1S/C15H18FNO3/c1-2-15(14(19)20)7-9-17(10-8-15)13(18)11-5-3-4-6-12(11)16/h3-6H,2,7-10H2,1H3,(H,19,20). The topological polar surface area (TPSA) is 57.6 Å². The molecule has 0 atom stereocenters. The molecule has 5 heteroatoms. The highest BCUT2D eigenvalue weighted by molar-refractivity contribution is 5.94. The Bertz CT molecular complexity index is 522. The number of benzene rings is 1. The van der Waals surface area contributed by atoms with Gasteiger partial charge in [0.15, 0.2) is 0 Å². The van der Waals surface area contributed by atoms with Gasteiger partial charge in [-0.2, -0.15) is 0 Å². The van der Waals surface area contributed by atoms with E-state index >= 15 is 0 Å². The van der Waals surface area contributed by atoms with E-state index < -0.39 is 17.2 Å². The zero-order valence-electron chi connectivity index (χ0n) is 11.4. The number of hydrogen-bond donors (Lipinski definition) is 1. The molecule has 1 amide bonds. The number of halogens is 1. The first-order valence-electron chi connectivity index (χ1n) is 6.77. The molecule has 0 unspecified atom stereocenters. The predicted octanol–water partition coefficient (Wildman–Crippen LogP) is 2.54. The van der Waals surface area contributed by atoms with E-state index in [2.05, 4.69) is 0 Å². The van der Waals surface area contributed by atoms with Crippen LogP contribution in [0.1, 0.15) is 36.5 Å². The lowest BCUT2D eigenvalue weighted by molar-refractivity contribution is -0.152. The molecule has 1 saturated heterocycles. The highest BCUT2D eigenvalue weighted by atomic mass is 19.1. The van der Waals surface area contributed by atoms with Crippen LogP contribution >= 0.6 is 0 Å². The number of likely N-dealkylation sites (tertiary alicyclic amines) is 1. The first kappa shape index (κ1) is 14.5. The van der Waals surface area contributed by atoms with Crippen molar-refractivity contribution in [3.63, 3.8) is 0 Å². The molecule has 1 fully saturated rings. The smallest absolute Gasteiger partial charge is 0.309 e. The van der Waals surface area contributed by atoms with Crippen molar-refractivity contribution < 1.29 is 19.1 Å². The Hall–Kier alpha value is -1.91. The fraction of sp³-hybridized carbons (Fsp3) is 0.467. The van der Waals surface area contributed by atoms with E-state index in [4.69, 9.17) is 0 Å². The molecule has 108 valence electrons. The number of amides is 1. The Kier molecular flexibility index (Phi) is 4.06. The Morgan fingerprint density at radius 2 is 1.90 bits per heavy atom. The molecule has 1 aromatic rings. The van der Waals surface area contributed by atoms with Gasteiger partial charge in [0.1, 0.15) is 5.82 Å². The number of carbonyl (C=O) groups excluding carboxylic acids is 1. The normalized spacial score (nSPS) is 17.8. The Morgan fingerprint density at radius 3 is 2.40 bits per heavy atom. The van der Waals surface area contributed by atoms with E-state index in [0.717, 1.165) is 0 Å². The van der Waals surface area contributed by atoms with Gasteiger partial charge in [0.05, 0.1) is 11.0 Å². The van der Waals surface area contributed by atoms with Crippen molar-refractivity contribution in [3.8, 4) is 0 Å². The molecule has 4 nitrogen and oxygen atoms in total. The van der Waals surface area contributed by atoms with Crippen molar-refractivity contribution >= 4 is 11.9 Å². The van der Waals surface area contributed by atoms with Crippen LogP contribution in [0.2, 0.25) is 0 Å². The second-order valence-electron chi connectivity index (χ2n) is 5.21. The SMILES string of the molecule is CCC1(C(=O)O)CCN(C(=O)c2ccccc2F)CC1. The number of aliphatic carboxylic acids is 1. The molecule has 0 saturated carbocycles. The van der Waals surface area contributed by atoms with Crippen LogP contribution in [0.5, 0.6) is 0 Å². The number of hydrogen-bond acceptors (Lipinski definition) is 2. The van der Waals surface area contributed by atoms with Gasteiger partial charge >= 0.3 is 5.97 Å². The lowest BCUT2D eigenvalue weighted by Crippen LogP contribution is -2.46. The van der Waals surface area contributed by atoms with Crippen LogP contribution in [-0.2, 0) is 4.79 Å². The van der Waals surface area contributed by atoms with Gasteiger partial charge in [0, 0.05) is 13.1 Å². The molecule has 1 aliphatic rings. The van der Waals surface area contributed by atoms with Crippen molar-refractivity contribution in [1.82, 2.24) is 4.90 Å². The second-order valence-corrected chi connectivity index (χ2v) is 5.21. The minimum absolute atomic E-state index is 0.0480. The molecule has 0 aromatic heterocycles. The molecule has 0 radical (unpaired) electrons. The summed E-state index contributed by atoms with van der Waals surface area (Å²) >= 11 is 0. The molecule has 0 bridgehead atoms. The molecule has 0 spiro atoms. The molecule has 2 rings (SSSR count). The lowest BCUT2D eigenvalue weighted by Gasteiger charge is -2.38. The summed E-state index contributed by atoms with van der Waals surface area (Å²) in [6, 6.07) is 5.87. The minimum Gasteiger partial charge on any atom is -0.481 e. The van der Waals surface area contributed by atoms with E-state index in [9.17, 15) is 19.1 Å². The number of rotatable bonds is 3. The maximum atomic E-state index is 13.6. The van der Waals surface area contributed by atoms with E-state index in [1.54, 1.807) is 6.07 Å². The summed E-state index contributed by atoms with van der Waals surface area (Å²) < 4.78 is 13.6. The number of carboxylic acids is 1. The van der Waals surface area contributed by atoms with Crippen molar-refractivity contribution in [2.24, 2.45) is 5.41 Å². The summed E-state index contributed by atoms with van der Waals surface area (Å²) in [6.45, 7) is 2.56. The van der Waals surface area contributed by atoms with Gasteiger partial charge in [-0.1, -0.05) is 19.1 Å². The monoisotopic (exact) mass is 279 g/mol. The first-order chi connectivity index (χ1) is 9.50. The molecule has 1 heterocycles. The van der Waals surface area contributed by atoms with Crippen LogP contribution in [-0.4, -0.2) is 35.0 Å². The van der Waals surface area contributed by atoms with Crippen LogP contribution in [0, 0.1) is 11.2 Å². The summed E-state index contributed by atoms with van der Waals surface area (Å²) in [4.78, 5) is 25.1. The molecule has 1 aromatic carbocycles. The molecule has 1 aliphatic heterocycles. The zero-order chi connectivity index (χ0) is 14.8. The van der Waals surface area contributed by atoms with Crippen LogP contribution in [0.25, 0.3) is 0 Å². The number of piperidine rings is 1. The van der Waals surface area contributed by atoms with E-state index in [1.807, 2.05) is 6.92 Å². The van der Waals surface area contributed by atoms with Crippen LogP contribution < -0.4 is 0 Å². The summed E-state index contributed by atoms with van der Waals surface area (Å²) in [5.41, 5.74) is -0.696. The van der Waals surface area contributed by atoms with Gasteiger partial charge in [-0.05, 0) is 31.4 Å². The van der Waals surface area contributed by atoms with Gasteiger partial charge in [0.2, 0.25) is 0 Å². The Morgan fingerprint density at radius 1 is 1.30 bits per heavy atom. The minimum atomic E-state index is -0.807. The Labute approximate surface area is 117 Å².